The van der Waals surface area contributed by atoms with E-state index in [9.17, 15) is 9.59 Å². The van der Waals surface area contributed by atoms with Crippen LogP contribution in [0.1, 0.15) is 19.3 Å². The van der Waals surface area contributed by atoms with Crippen molar-refractivity contribution in [3.05, 3.63) is 0 Å². The summed E-state index contributed by atoms with van der Waals surface area (Å²) in [4.78, 5) is 30.3. The molecule has 6 nitrogen and oxygen atoms in total. The van der Waals surface area contributed by atoms with Crippen LogP contribution in [-0.2, 0) is 9.59 Å². The molecule has 0 aromatic heterocycles. The second kappa shape index (κ2) is 5.93. The molecule has 3 heterocycles. The highest BCUT2D eigenvalue weighted by Crippen LogP contribution is 2.36. The van der Waals surface area contributed by atoms with E-state index in [1.54, 1.807) is 0 Å². The molecule has 3 rings (SSSR count). The van der Waals surface area contributed by atoms with Gasteiger partial charge in [-0.1, -0.05) is 0 Å². The molecule has 0 aromatic rings. The van der Waals surface area contributed by atoms with E-state index in [2.05, 4.69) is 22.2 Å². The van der Waals surface area contributed by atoms with Crippen molar-refractivity contribution in [3.8, 4) is 0 Å². The van der Waals surface area contributed by atoms with Gasteiger partial charge in [-0.15, -0.1) is 0 Å². The molecule has 1 N–H and O–H groups in total. The quantitative estimate of drug-likeness (QED) is 0.752. The third kappa shape index (κ3) is 3.37. The van der Waals surface area contributed by atoms with Gasteiger partial charge in [0.15, 0.2) is 0 Å². The summed E-state index contributed by atoms with van der Waals surface area (Å²) in [6, 6.07) is 0. The molecule has 1 atom stereocenters. The van der Waals surface area contributed by atoms with Gasteiger partial charge in [0.25, 0.3) is 0 Å². The van der Waals surface area contributed by atoms with E-state index >= 15 is 0 Å². The number of amides is 2. The minimum Gasteiger partial charge on any atom is -0.355 e. The molecule has 1 unspecified atom stereocenters. The molecule has 21 heavy (non-hydrogen) atoms. The van der Waals surface area contributed by atoms with Gasteiger partial charge >= 0.3 is 0 Å². The van der Waals surface area contributed by atoms with E-state index in [0.29, 0.717) is 12.8 Å². The molecule has 2 amide bonds. The highest BCUT2D eigenvalue weighted by atomic mass is 16.2. The summed E-state index contributed by atoms with van der Waals surface area (Å²) in [6.45, 7) is 7.30. The number of piperazine rings is 1. The first-order chi connectivity index (χ1) is 10.1. The average Bonchev–Trinajstić information content (AvgIpc) is 3.04. The lowest BCUT2D eigenvalue weighted by Crippen LogP contribution is -2.47. The number of rotatable bonds is 3. The van der Waals surface area contributed by atoms with E-state index in [1.165, 1.54) is 0 Å². The molecule has 3 aliphatic heterocycles. The smallest absolute Gasteiger partial charge is 0.223 e. The summed E-state index contributed by atoms with van der Waals surface area (Å²) in [6.07, 6.45) is 2.35. The SMILES string of the molecule is CN1CCN(C(=O)CCN2CCC3(CNC(=O)C3)C2)CC1. The van der Waals surface area contributed by atoms with Gasteiger partial charge in [0.1, 0.15) is 0 Å². The second-order valence-electron chi connectivity index (χ2n) is 6.91. The molecule has 0 aliphatic carbocycles. The van der Waals surface area contributed by atoms with Crippen molar-refractivity contribution in [2.45, 2.75) is 19.3 Å². The highest BCUT2D eigenvalue weighted by molar-refractivity contribution is 5.79. The lowest BCUT2D eigenvalue weighted by molar-refractivity contribution is -0.133. The van der Waals surface area contributed by atoms with Crippen molar-refractivity contribution in [1.82, 2.24) is 20.0 Å². The van der Waals surface area contributed by atoms with Gasteiger partial charge in [-0.3, -0.25) is 9.59 Å². The van der Waals surface area contributed by atoms with Crippen LogP contribution < -0.4 is 5.32 Å². The first-order valence-electron chi connectivity index (χ1n) is 8.02. The number of nitrogens with one attached hydrogen (secondary N) is 1. The summed E-state index contributed by atoms with van der Waals surface area (Å²) in [5, 5.41) is 2.95. The Morgan fingerprint density at radius 1 is 1.24 bits per heavy atom. The van der Waals surface area contributed by atoms with Crippen LogP contribution in [-0.4, -0.2) is 85.9 Å². The Labute approximate surface area is 126 Å². The fourth-order valence-electron chi connectivity index (χ4n) is 3.73. The maximum Gasteiger partial charge on any atom is 0.223 e. The first kappa shape index (κ1) is 14.8. The van der Waals surface area contributed by atoms with E-state index in [1.807, 2.05) is 4.90 Å². The third-order valence-electron chi connectivity index (χ3n) is 5.21. The standard InChI is InChI=1S/C15H26N4O2/c1-17-6-8-19(9-7-17)14(21)2-4-18-5-3-15(12-18)10-13(20)16-11-15/h2-12H2,1H3,(H,16,20). The normalized spacial score (nSPS) is 31.1. The van der Waals surface area contributed by atoms with E-state index in [4.69, 9.17) is 0 Å². The zero-order valence-electron chi connectivity index (χ0n) is 12.9. The predicted octanol–water partition coefficient (Wildman–Crippen LogP) is -0.637. The van der Waals surface area contributed by atoms with Gasteiger partial charge in [-0.25, -0.2) is 0 Å². The number of carbonyl (C=O) groups excluding carboxylic acids is 2. The van der Waals surface area contributed by atoms with E-state index < -0.39 is 0 Å². The number of hydrogen-bond donors (Lipinski definition) is 1. The Balaban J connectivity index is 1.42. The van der Waals surface area contributed by atoms with Gasteiger partial charge in [0.2, 0.25) is 11.8 Å². The van der Waals surface area contributed by atoms with Gasteiger partial charge in [-0.05, 0) is 20.0 Å². The van der Waals surface area contributed by atoms with Crippen molar-refractivity contribution >= 4 is 11.8 Å². The Morgan fingerprint density at radius 3 is 2.67 bits per heavy atom. The van der Waals surface area contributed by atoms with E-state index in [-0.39, 0.29) is 17.2 Å². The van der Waals surface area contributed by atoms with Crippen LogP contribution in [0.25, 0.3) is 0 Å². The van der Waals surface area contributed by atoms with Gasteiger partial charge in [0, 0.05) is 64.1 Å². The Hall–Kier alpha value is -1.14. The van der Waals surface area contributed by atoms with Crippen LogP contribution in [0.3, 0.4) is 0 Å². The van der Waals surface area contributed by atoms with Crippen molar-refractivity contribution in [2.75, 3.05) is 59.4 Å². The lowest BCUT2D eigenvalue weighted by Gasteiger charge is -2.33. The van der Waals surface area contributed by atoms with Crippen LogP contribution in [0.2, 0.25) is 0 Å². The molecule has 1 spiro atoms. The summed E-state index contributed by atoms with van der Waals surface area (Å²) < 4.78 is 0. The molecule has 0 radical (unpaired) electrons. The monoisotopic (exact) mass is 294 g/mol. The van der Waals surface area contributed by atoms with Crippen molar-refractivity contribution in [3.63, 3.8) is 0 Å². The molecule has 0 aromatic carbocycles. The molecule has 6 heteroatoms. The lowest BCUT2D eigenvalue weighted by atomic mass is 9.86. The fourth-order valence-corrected chi connectivity index (χ4v) is 3.73. The fraction of sp³-hybridized carbons (Fsp3) is 0.867. The van der Waals surface area contributed by atoms with Crippen LogP contribution in [0.5, 0.6) is 0 Å². The molecular weight excluding hydrogens is 268 g/mol. The second-order valence-corrected chi connectivity index (χ2v) is 6.91. The van der Waals surface area contributed by atoms with E-state index in [0.717, 1.165) is 58.8 Å². The van der Waals surface area contributed by atoms with Crippen molar-refractivity contribution in [2.24, 2.45) is 5.41 Å². The van der Waals surface area contributed by atoms with Gasteiger partial charge in [-0.2, -0.15) is 0 Å². The third-order valence-corrected chi connectivity index (χ3v) is 5.21. The Kier molecular flexibility index (Phi) is 4.17. The number of likely N-dealkylation sites (tertiary alicyclic amines) is 1. The minimum atomic E-state index is 0.147. The maximum atomic E-state index is 12.2. The minimum absolute atomic E-state index is 0.147. The van der Waals surface area contributed by atoms with Gasteiger partial charge in [0.05, 0.1) is 0 Å². The molecule has 3 fully saturated rings. The molecule has 0 bridgehead atoms. The average molecular weight is 294 g/mol. The summed E-state index contributed by atoms with van der Waals surface area (Å²) in [7, 11) is 2.10. The largest absolute Gasteiger partial charge is 0.355 e. The molecule has 118 valence electrons. The number of carbonyl (C=O) groups is 2. The predicted molar refractivity (Wildman–Crippen MR) is 79.8 cm³/mol. The summed E-state index contributed by atoms with van der Waals surface area (Å²) in [5.74, 6) is 0.468. The summed E-state index contributed by atoms with van der Waals surface area (Å²) in [5.41, 5.74) is 0.147. The summed E-state index contributed by atoms with van der Waals surface area (Å²) >= 11 is 0. The zero-order valence-corrected chi connectivity index (χ0v) is 12.9. The van der Waals surface area contributed by atoms with Gasteiger partial charge < -0.3 is 20.0 Å². The van der Waals surface area contributed by atoms with Crippen molar-refractivity contribution in [1.29, 1.82) is 0 Å². The van der Waals surface area contributed by atoms with Crippen LogP contribution in [0.4, 0.5) is 0 Å². The van der Waals surface area contributed by atoms with Crippen LogP contribution in [0, 0.1) is 5.41 Å². The Morgan fingerprint density at radius 2 is 2.00 bits per heavy atom. The number of nitrogens with zero attached hydrogens (tertiary/aromatic N) is 3. The number of likely N-dealkylation sites (N-methyl/N-ethyl adjacent to an activating group) is 1. The molecular formula is C15H26N4O2. The van der Waals surface area contributed by atoms with Crippen LogP contribution >= 0.6 is 0 Å². The maximum absolute atomic E-state index is 12.2. The molecule has 3 aliphatic rings. The van der Waals surface area contributed by atoms with Crippen LogP contribution in [0.15, 0.2) is 0 Å². The topological polar surface area (TPSA) is 55.9 Å². The first-order valence-corrected chi connectivity index (χ1v) is 8.02. The highest BCUT2D eigenvalue weighted by Gasteiger charge is 2.43. The Bertz CT molecular complexity index is 420. The molecule has 3 saturated heterocycles. The zero-order chi connectivity index (χ0) is 14.9. The van der Waals surface area contributed by atoms with Crippen molar-refractivity contribution < 1.29 is 9.59 Å². The molecule has 0 saturated carbocycles. The number of hydrogen-bond acceptors (Lipinski definition) is 4.